The Hall–Kier alpha value is -12.1. The van der Waals surface area contributed by atoms with Crippen molar-refractivity contribution in [1.82, 2.24) is 9.97 Å². The molecule has 4 aliphatic heterocycles. The number of methoxy groups -OCH3 is 1. The first-order valence-electron chi connectivity index (χ1n) is 42.6. The lowest BCUT2D eigenvalue weighted by Gasteiger charge is -2.40. The molecule has 22 nitrogen and oxygen atoms in total. The number of hydrogen-bond donors (Lipinski definition) is 1. The van der Waals surface area contributed by atoms with Crippen molar-refractivity contribution in [1.29, 1.82) is 0 Å². The highest BCUT2D eigenvalue weighted by Gasteiger charge is 2.67. The van der Waals surface area contributed by atoms with Crippen LogP contribution in [0.1, 0.15) is 173 Å². The number of rotatable bonds is 36. The van der Waals surface area contributed by atoms with Crippen LogP contribution < -0.4 is 62.8 Å². The van der Waals surface area contributed by atoms with Crippen molar-refractivity contribution >= 4 is 68.4 Å². The zero-order valence-electron chi connectivity index (χ0n) is 72.3. The number of carbonyl (C=O) groups is 5. The third-order valence-corrected chi connectivity index (χ3v) is 23.6. The van der Waals surface area contributed by atoms with E-state index in [9.17, 15) is 37.1 Å². The molecule has 6 heterocycles. The lowest BCUT2D eigenvalue weighted by molar-refractivity contribution is -0.191. The molecule has 0 bridgehead atoms. The summed E-state index contributed by atoms with van der Waals surface area (Å²) in [5.41, 5.74) is 7.34. The van der Waals surface area contributed by atoms with Crippen molar-refractivity contribution in [2.24, 2.45) is 5.41 Å². The number of aromatic nitrogens is 2. The number of esters is 1. The van der Waals surface area contributed by atoms with Gasteiger partial charge in [0.1, 0.15) is 81.6 Å². The summed E-state index contributed by atoms with van der Waals surface area (Å²) in [6.07, 6.45) is -0.220. The maximum atomic E-state index is 13.2. The molecular weight excluding hydrogens is 1600 g/mol. The number of amides is 1. The largest absolute Gasteiger partial charge is 0.494 e. The smallest absolute Gasteiger partial charge is 0.401 e. The quantitative estimate of drug-likeness (QED) is 0.0284. The number of thiazole rings is 1. The summed E-state index contributed by atoms with van der Waals surface area (Å²) in [7, 11) is 1.42. The third kappa shape index (κ3) is 24.9. The summed E-state index contributed by atoms with van der Waals surface area (Å²) in [5.74, 6) is 6.04. The normalized spacial score (nSPS) is 15.7. The third-order valence-electron chi connectivity index (χ3n) is 22.5. The van der Waals surface area contributed by atoms with E-state index in [0.717, 1.165) is 126 Å². The molecule has 4 saturated heterocycles. The first-order valence-corrected chi connectivity index (χ1v) is 43.4. The second kappa shape index (κ2) is 42.8. The molecule has 656 valence electrons. The van der Waals surface area contributed by atoms with E-state index in [1.165, 1.54) is 55.0 Å². The van der Waals surface area contributed by atoms with E-state index in [1.807, 2.05) is 206 Å². The maximum absolute atomic E-state index is 13.2. The van der Waals surface area contributed by atoms with Gasteiger partial charge in [0.05, 0.1) is 109 Å². The second-order valence-corrected chi connectivity index (χ2v) is 32.9. The van der Waals surface area contributed by atoms with Crippen LogP contribution in [0.5, 0.6) is 46.0 Å². The predicted molar refractivity (Wildman–Crippen MR) is 476 cm³/mol. The molecule has 1 N–H and O–H groups in total. The van der Waals surface area contributed by atoms with Gasteiger partial charge in [0.2, 0.25) is 5.91 Å². The van der Waals surface area contributed by atoms with Crippen molar-refractivity contribution in [3.8, 4) is 46.0 Å². The van der Waals surface area contributed by atoms with Crippen molar-refractivity contribution in [2.45, 2.75) is 162 Å². The van der Waals surface area contributed by atoms with Crippen molar-refractivity contribution in [3.05, 3.63) is 245 Å². The van der Waals surface area contributed by atoms with Gasteiger partial charge in [-0.05, 0) is 239 Å². The molecule has 8 aromatic carbocycles. The first-order chi connectivity index (χ1) is 59.7. The molecule has 0 radical (unpaired) electrons. The first kappa shape index (κ1) is 91.2. The lowest BCUT2D eigenvalue weighted by Crippen LogP contribution is -2.54. The number of nitrogens with zero attached hydrogens (tertiary/aromatic N) is 6. The van der Waals surface area contributed by atoms with E-state index in [1.54, 1.807) is 13.8 Å². The van der Waals surface area contributed by atoms with Crippen LogP contribution in [0.3, 0.4) is 0 Å². The summed E-state index contributed by atoms with van der Waals surface area (Å²) in [5, 5.41) is 3.11. The Balaban J connectivity index is 0.000000151. The molecule has 15 rings (SSSR count). The second-order valence-electron chi connectivity index (χ2n) is 31.9. The number of anilines is 5. The van der Waals surface area contributed by atoms with Crippen LogP contribution in [-0.4, -0.2) is 156 Å². The van der Waals surface area contributed by atoms with E-state index < -0.39 is 17.4 Å². The van der Waals surface area contributed by atoms with Gasteiger partial charge in [-0.15, -0.1) is 0 Å². The van der Waals surface area contributed by atoms with Crippen LogP contribution in [0.2, 0.25) is 0 Å². The number of oxazole rings is 1. The lowest BCUT2D eigenvalue weighted by atomic mass is 9.88. The number of carbonyl (C=O) groups excluding carboxylic acids is 5. The summed E-state index contributed by atoms with van der Waals surface area (Å²) < 4.78 is 95.5. The molecule has 26 heteroatoms. The molecular formula is C98H112F3N7O15S. The Bertz CT molecular complexity index is 5050. The molecule has 4 atom stereocenters. The van der Waals surface area contributed by atoms with E-state index in [-0.39, 0.29) is 90.8 Å². The Kier molecular flexibility index (Phi) is 31.5. The minimum absolute atomic E-state index is 0.0354. The SMILES string of the molecule is CCOc1ccc(N2CC(Oc3ccc([C@H](C)CC(=O)C4(C(F)(F)F)CC4)cc3)C2)cc1.CCOc1ccc(N2CC(Oc3ccc([C@H](C)CC(=O)OC)cc3)C2)cc1.CCOc1ccc(N2CC(Oc3ccc([C@H](C)CC(=O)c4cnco4)cc3)C2)cc1.CCOc1ccc(N2CC(Oc3ccc([C@H](C)CC(=O)c4sc(NC(C)=O)nc4C)cc3)C2)cc1. The van der Waals surface area contributed by atoms with Crippen molar-refractivity contribution in [3.63, 3.8) is 0 Å². The molecule has 10 aromatic rings. The molecule has 1 amide bonds. The van der Waals surface area contributed by atoms with E-state index >= 15 is 0 Å². The average Bonchev–Trinajstić information content (AvgIpc) is 1.58. The number of aryl methyl sites for hydroxylation is 1. The molecule has 0 unspecified atom stereocenters. The summed E-state index contributed by atoms with van der Waals surface area (Å²) in [6, 6.07) is 63.8. The fraction of sp³-hybridized carbons (Fsp3) is 0.398. The number of hydrogen-bond acceptors (Lipinski definition) is 22. The van der Waals surface area contributed by atoms with E-state index in [0.29, 0.717) is 67.2 Å². The molecule has 1 aliphatic carbocycles. The molecule has 124 heavy (non-hydrogen) atoms. The fourth-order valence-electron chi connectivity index (χ4n) is 14.9. The zero-order chi connectivity index (χ0) is 88.0. The van der Waals surface area contributed by atoms with Gasteiger partial charge in [-0.3, -0.25) is 24.0 Å². The number of benzene rings is 8. The number of nitrogens with one attached hydrogen (secondary N) is 1. The molecule has 5 aliphatic rings. The highest BCUT2D eigenvalue weighted by Crippen LogP contribution is 2.59. The maximum Gasteiger partial charge on any atom is 0.401 e. The van der Waals surface area contributed by atoms with Gasteiger partial charge in [0, 0.05) is 48.9 Å². The minimum atomic E-state index is -4.44. The van der Waals surface area contributed by atoms with Crippen LogP contribution in [-0.2, 0) is 19.1 Å². The van der Waals surface area contributed by atoms with Gasteiger partial charge in [-0.1, -0.05) is 87.6 Å². The van der Waals surface area contributed by atoms with E-state index in [4.69, 9.17) is 47.0 Å². The van der Waals surface area contributed by atoms with Gasteiger partial charge in [-0.2, -0.15) is 13.2 Å². The van der Waals surface area contributed by atoms with Crippen molar-refractivity contribution in [2.75, 3.05) is 111 Å². The average molecular weight is 1720 g/mol. The monoisotopic (exact) mass is 1720 g/mol. The van der Waals surface area contributed by atoms with Gasteiger partial charge < -0.3 is 72.0 Å². The predicted octanol–water partition coefficient (Wildman–Crippen LogP) is 19.9. The number of ketones is 3. The molecule has 0 spiro atoms. The van der Waals surface area contributed by atoms with Gasteiger partial charge in [0.25, 0.3) is 0 Å². The number of ether oxygens (including phenoxy) is 9. The number of halogens is 3. The van der Waals surface area contributed by atoms with Crippen LogP contribution >= 0.6 is 11.3 Å². The number of alkyl halides is 3. The van der Waals surface area contributed by atoms with Crippen molar-refractivity contribution < 1.29 is 84.2 Å². The Morgan fingerprint density at radius 3 is 1.02 bits per heavy atom. The summed E-state index contributed by atoms with van der Waals surface area (Å²) in [4.78, 5) is 77.7. The van der Waals surface area contributed by atoms with Crippen LogP contribution in [0.15, 0.2) is 211 Å². The summed E-state index contributed by atoms with van der Waals surface area (Å²) in [6.45, 7) is 28.4. The van der Waals surface area contributed by atoms with Crippen LogP contribution in [0.4, 0.5) is 41.1 Å². The molecule has 2 aromatic heterocycles. The van der Waals surface area contributed by atoms with Crippen LogP contribution in [0.25, 0.3) is 0 Å². The Labute approximate surface area is 728 Å². The highest BCUT2D eigenvalue weighted by atomic mass is 32.1. The Morgan fingerprint density at radius 1 is 0.452 bits per heavy atom. The summed E-state index contributed by atoms with van der Waals surface area (Å²) >= 11 is 1.23. The standard InChI is InChI=1S/C27H31N3O4S.C25H28F3NO3.C24H26N2O4.C22H27NO4/c1-5-33-22-12-8-21(9-13-22)30-15-24(16-30)34-23-10-6-20(7-11-23)17(2)14-25(32)26-18(3)28-27(35-26)29-19(4)31;1-3-31-20-10-6-19(7-11-20)29-15-22(16-29)32-21-8-4-18(5-9-21)17(2)14-23(30)24(12-13-24)25(26,27)28;1-3-28-20-10-6-19(7-11-20)26-14-22(15-26)30-21-8-4-18(5-9-21)17(2)12-23(27)24-13-25-16-29-24;1-4-26-19-11-7-18(8-12-19)23-14-21(15-23)27-20-9-5-17(6-10-20)16(2)13-22(24)25-3/h6-13,17,24H,5,14-16H2,1-4H3,(H,28,29,31);4-11,17,22H,3,12-16H2,1-2H3;4-11,13,16-17,22H,3,12,14-15H2,1-2H3;5-12,16,21H,4,13-15H2,1-3H3/t3*17-;16-/m1111/s1. The topological polar surface area (TPSA) is 232 Å². The highest BCUT2D eigenvalue weighted by molar-refractivity contribution is 7.17. The van der Waals surface area contributed by atoms with Gasteiger partial charge in [0.15, 0.2) is 28.9 Å². The van der Waals surface area contributed by atoms with Gasteiger partial charge >= 0.3 is 12.1 Å². The zero-order valence-corrected chi connectivity index (χ0v) is 73.1. The molecule has 1 saturated carbocycles. The van der Waals surface area contributed by atoms with Gasteiger partial charge in [-0.25, -0.2) is 9.97 Å². The molecule has 5 fully saturated rings. The van der Waals surface area contributed by atoms with E-state index in [2.05, 4.69) is 71.3 Å². The fourth-order valence-corrected chi connectivity index (χ4v) is 15.9. The number of Topliss-reactive ketones (excluding diaryl/α,β-unsaturated/α-hetero) is 3. The Morgan fingerprint density at radius 2 is 0.750 bits per heavy atom. The minimum Gasteiger partial charge on any atom is -0.494 e. The van der Waals surface area contributed by atoms with Crippen LogP contribution in [0, 0.1) is 12.3 Å².